The van der Waals surface area contributed by atoms with Crippen LogP contribution in [0.2, 0.25) is 0 Å². The Morgan fingerprint density at radius 3 is 1.06 bits per heavy atom. The molecule has 0 aliphatic heterocycles. The van der Waals surface area contributed by atoms with E-state index in [-0.39, 0.29) is 0 Å². The lowest BCUT2D eigenvalue weighted by atomic mass is 9.92. The van der Waals surface area contributed by atoms with Gasteiger partial charge in [0.05, 0.1) is 0 Å². The molecule has 0 spiro atoms. The first-order valence-corrected chi connectivity index (χ1v) is 18.4. The van der Waals surface area contributed by atoms with E-state index in [0.717, 1.165) is 0 Å². The van der Waals surface area contributed by atoms with Crippen LogP contribution in [-0.2, 0) is 0 Å². The summed E-state index contributed by atoms with van der Waals surface area (Å²) >= 11 is 5.77. The lowest BCUT2D eigenvalue weighted by Gasteiger charge is -2.11. The van der Waals surface area contributed by atoms with Crippen LogP contribution in [0.25, 0.3) is 104 Å². The summed E-state index contributed by atoms with van der Waals surface area (Å²) < 4.78 is 8.14. The molecule has 11 aromatic rings. The molecule has 0 amide bonds. The number of fused-ring (bicyclic) bond motifs is 13. The summed E-state index contributed by atoms with van der Waals surface area (Å²) in [4.78, 5) is 0. The van der Waals surface area contributed by atoms with Crippen LogP contribution in [-0.4, -0.2) is 0 Å². The van der Waals surface area contributed by atoms with E-state index >= 15 is 0 Å². The average molecular weight is 649 g/mol. The molecule has 3 aromatic heterocycles. The highest BCUT2D eigenvalue weighted by molar-refractivity contribution is 7.28. The van der Waals surface area contributed by atoms with Gasteiger partial charge in [0, 0.05) is 82.4 Å². The summed E-state index contributed by atoms with van der Waals surface area (Å²) in [5.74, 6) is 0. The number of hydrogen-bond acceptors (Lipinski definition) is 3. The zero-order chi connectivity index (χ0) is 30.6. The molecule has 0 N–H and O–H groups in total. The zero-order valence-corrected chi connectivity index (χ0v) is 27.5. The fourth-order valence-electron chi connectivity index (χ4n) is 7.78. The molecule has 0 aliphatic carbocycles. The Hall–Kier alpha value is -5.06. The molecule has 0 fully saturated rings. The van der Waals surface area contributed by atoms with Crippen LogP contribution < -0.4 is 0 Å². The zero-order valence-electron chi connectivity index (χ0n) is 25.1. The Bertz CT molecular complexity index is 2870. The summed E-state index contributed by atoms with van der Waals surface area (Å²) in [5.41, 5.74) is 5.26. The molecule has 0 unspecified atom stereocenters. The second-order valence-electron chi connectivity index (χ2n) is 12.4. The first-order valence-electron chi connectivity index (χ1n) is 15.9. The van der Waals surface area contributed by atoms with Crippen molar-refractivity contribution in [1.29, 1.82) is 0 Å². The van der Waals surface area contributed by atoms with Crippen LogP contribution in [0.3, 0.4) is 0 Å². The van der Waals surface area contributed by atoms with E-state index in [1.165, 1.54) is 104 Å². The fourth-order valence-corrected chi connectivity index (χ4v) is 11.6. The predicted molar refractivity (Wildman–Crippen MR) is 211 cm³/mol. The highest BCUT2D eigenvalue weighted by Gasteiger charge is 2.20. The molecule has 8 aromatic carbocycles. The minimum absolute atomic E-state index is 1.31. The molecule has 0 saturated carbocycles. The Kier molecular flexibility index (Phi) is 5.39. The van der Waals surface area contributed by atoms with Gasteiger partial charge in [0.2, 0.25) is 0 Å². The van der Waals surface area contributed by atoms with Crippen LogP contribution in [0, 0.1) is 0 Å². The molecule has 47 heavy (non-hydrogen) atoms. The lowest BCUT2D eigenvalue weighted by molar-refractivity contribution is 1.75. The van der Waals surface area contributed by atoms with Crippen molar-refractivity contribution >= 4 is 116 Å². The number of hydrogen-bond donors (Lipinski definition) is 0. The minimum atomic E-state index is 1.31. The lowest BCUT2D eigenvalue weighted by Crippen LogP contribution is -1.85. The monoisotopic (exact) mass is 648 g/mol. The SMILES string of the molecule is c1ccc2c(c1)sc1c(-c3cc4c5cc(-c6cccc7c6sc6ccccc67)c6ccccc6c5sc4c4ccccc34)cccc12. The van der Waals surface area contributed by atoms with E-state index in [1.54, 1.807) is 0 Å². The summed E-state index contributed by atoms with van der Waals surface area (Å²) in [6, 6.07) is 54.3. The molecule has 218 valence electrons. The molecule has 0 radical (unpaired) electrons. The van der Waals surface area contributed by atoms with E-state index in [0.29, 0.717) is 0 Å². The van der Waals surface area contributed by atoms with Crippen LogP contribution in [0.15, 0.2) is 146 Å². The van der Waals surface area contributed by atoms with Gasteiger partial charge in [-0.25, -0.2) is 0 Å². The van der Waals surface area contributed by atoms with Gasteiger partial charge in [-0.1, -0.05) is 121 Å². The Balaban J connectivity index is 1.28. The molecule has 0 atom stereocenters. The van der Waals surface area contributed by atoms with E-state index < -0.39 is 0 Å². The van der Waals surface area contributed by atoms with Crippen molar-refractivity contribution in [3.05, 3.63) is 146 Å². The second-order valence-corrected chi connectivity index (χ2v) is 15.5. The number of benzene rings is 8. The van der Waals surface area contributed by atoms with Gasteiger partial charge in [-0.05, 0) is 46.2 Å². The molecule has 0 aliphatic rings. The van der Waals surface area contributed by atoms with Gasteiger partial charge < -0.3 is 0 Å². The largest absolute Gasteiger partial charge is 0.135 e. The summed E-state index contributed by atoms with van der Waals surface area (Å²) in [5, 5.41) is 13.3. The summed E-state index contributed by atoms with van der Waals surface area (Å²) in [6.45, 7) is 0. The average Bonchev–Trinajstić information content (AvgIpc) is 3.82. The number of thiophene rings is 3. The van der Waals surface area contributed by atoms with Crippen molar-refractivity contribution in [3.8, 4) is 22.3 Å². The Morgan fingerprint density at radius 2 is 0.596 bits per heavy atom. The van der Waals surface area contributed by atoms with Crippen molar-refractivity contribution in [2.24, 2.45) is 0 Å². The van der Waals surface area contributed by atoms with Crippen LogP contribution in [0.4, 0.5) is 0 Å². The van der Waals surface area contributed by atoms with Gasteiger partial charge in [0.25, 0.3) is 0 Å². The van der Waals surface area contributed by atoms with Crippen molar-refractivity contribution < 1.29 is 0 Å². The molecular formula is C44H24S3. The van der Waals surface area contributed by atoms with Crippen LogP contribution in [0.5, 0.6) is 0 Å². The quantitative estimate of drug-likeness (QED) is 0.175. The van der Waals surface area contributed by atoms with Crippen molar-refractivity contribution in [3.63, 3.8) is 0 Å². The third-order valence-electron chi connectivity index (χ3n) is 9.87. The molecular weight excluding hydrogens is 625 g/mol. The Morgan fingerprint density at radius 1 is 0.234 bits per heavy atom. The van der Waals surface area contributed by atoms with Crippen molar-refractivity contribution in [1.82, 2.24) is 0 Å². The third kappa shape index (κ3) is 3.62. The van der Waals surface area contributed by atoms with Crippen molar-refractivity contribution in [2.75, 3.05) is 0 Å². The third-order valence-corrected chi connectivity index (χ3v) is 13.6. The second kappa shape index (κ2) is 9.73. The highest BCUT2D eigenvalue weighted by atomic mass is 32.1. The summed E-state index contributed by atoms with van der Waals surface area (Å²) in [6.07, 6.45) is 0. The van der Waals surface area contributed by atoms with E-state index in [4.69, 9.17) is 0 Å². The van der Waals surface area contributed by atoms with E-state index in [1.807, 2.05) is 34.0 Å². The van der Waals surface area contributed by atoms with Gasteiger partial charge in [-0.3, -0.25) is 0 Å². The maximum Gasteiger partial charge on any atom is 0.0434 e. The summed E-state index contributed by atoms with van der Waals surface area (Å²) in [7, 11) is 0. The topological polar surface area (TPSA) is 0 Å². The van der Waals surface area contributed by atoms with Gasteiger partial charge in [-0.2, -0.15) is 0 Å². The normalized spacial score (nSPS) is 12.3. The highest BCUT2D eigenvalue weighted by Crippen LogP contribution is 2.50. The van der Waals surface area contributed by atoms with Gasteiger partial charge >= 0.3 is 0 Å². The molecule has 0 nitrogen and oxygen atoms in total. The van der Waals surface area contributed by atoms with Gasteiger partial charge in [0.15, 0.2) is 0 Å². The molecule has 3 heterocycles. The molecule has 0 bridgehead atoms. The maximum atomic E-state index is 2.49. The first kappa shape index (κ1) is 26.1. The van der Waals surface area contributed by atoms with Crippen LogP contribution in [0.1, 0.15) is 0 Å². The molecule has 3 heteroatoms. The van der Waals surface area contributed by atoms with Gasteiger partial charge in [0.1, 0.15) is 0 Å². The Labute approximate surface area is 282 Å². The standard InChI is InChI=1S/C44H24S3/c1-3-15-29-25(11-1)35(33-19-9-17-31-27-13-5-7-21-39(27)45-41(31)33)23-37-38-24-36(26-12-2-4-16-30(26)44(38)47-43(29)37)34-20-10-18-32-28-14-6-8-22-40(28)46-42(32)34/h1-24H. The van der Waals surface area contributed by atoms with Crippen LogP contribution >= 0.6 is 34.0 Å². The molecule has 0 saturated heterocycles. The first-order chi connectivity index (χ1) is 23.3. The smallest absolute Gasteiger partial charge is 0.0434 e. The fraction of sp³-hybridized carbons (Fsp3) is 0. The molecule has 11 rings (SSSR count). The number of rotatable bonds is 2. The predicted octanol–water partition coefficient (Wildman–Crippen LogP) is 14.4. The van der Waals surface area contributed by atoms with Gasteiger partial charge in [-0.15, -0.1) is 34.0 Å². The minimum Gasteiger partial charge on any atom is -0.135 e. The maximum absolute atomic E-state index is 2.49. The van der Waals surface area contributed by atoms with Crippen molar-refractivity contribution in [2.45, 2.75) is 0 Å². The van der Waals surface area contributed by atoms with E-state index in [2.05, 4.69) is 146 Å². The van der Waals surface area contributed by atoms with E-state index in [9.17, 15) is 0 Å².